The van der Waals surface area contributed by atoms with E-state index in [1.165, 1.54) is 11.3 Å². The monoisotopic (exact) mass is 284 g/mol. The van der Waals surface area contributed by atoms with E-state index in [4.69, 9.17) is 4.74 Å². The smallest absolute Gasteiger partial charge is 0.123 e. The lowest BCUT2D eigenvalue weighted by molar-refractivity contribution is 0.401. The lowest BCUT2D eigenvalue weighted by atomic mass is 10.0. The van der Waals surface area contributed by atoms with Gasteiger partial charge in [0.1, 0.15) is 5.75 Å². The summed E-state index contributed by atoms with van der Waals surface area (Å²) in [5.74, 6) is 0.931. The second-order valence-electron chi connectivity index (χ2n) is 4.96. The van der Waals surface area contributed by atoms with Gasteiger partial charge in [0, 0.05) is 24.3 Å². The largest absolute Gasteiger partial charge is 0.496 e. The van der Waals surface area contributed by atoms with Crippen molar-refractivity contribution >= 4 is 5.69 Å². The molecule has 2 aromatic rings. The molecular weight excluding hydrogens is 260 g/mol. The van der Waals surface area contributed by atoms with Crippen LogP contribution in [-0.2, 0) is 0 Å². The summed E-state index contributed by atoms with van der Waals surface area (Å²) in [5.41, 5.74) is 2.44. The van der Waals surface area contributed by atoms with Gasteiger partial charge < -0.3 is 15.0 Å². The summed E-state index contributed by atoms with van der Waals surface area (Å²) >= 11 is 0. The highest BCUT2D eigenvalue weighted by atomic mass is 16.5. The highest BCUT2D eigenvalue weighted by molar-refractivity contribution is 5.47. The highest BCUT2D eigenvalue weighted by Gasteiger charge is 2.17. The van der Waals surface area contributed by atoms with Crippen LogP contribution in [0.15, 0.2) is 54.6 Å². The minimum Gasteiger partial charge on any atom is -0.496 e. The van der Waals surface area contributed by atoms with Gasteiger partial charge in [-0.1, -0.05) is 36.4 Å². The molecule has 0 radical (unpaired) electrons. The lowest BCUT2D eigenvalue weighted by Crippen LogP contribution is -2.34. The van der Waals surface area contributed by atoms with Crippen LogP contribution in [0.1, 0.15) is 18.5 Å². The molecule has 0 fully saturated rings. The van der Waals surface area contributed by atoms with E-state index in [1.807, 2.05) is 25.2 Å². The number of nitrogens with one attached hydrogen (secondary N) is 1. The molecule has 3 nitrogen and oxygen atoms in total. The molecule has 3 heteroatoms. The van der Waals surface area contributed by atoms with Crippen molar-refractivity contribution in [2.45, 2.75) is 13.0 Å². The number of methoxy groups -OCH3 is 1. The standard InChI is InChI=1S/C18H24N2O/c1-4-20(15-10-6-5-7-11-15)14-17(19-2)16-12-8-9-13-18(16)21-3/h5-13,17,19H,4,14H2,1-3H3. The molecule has 0 aliphatic heterocycles. The second-order valence-corrected chi connectivity index (χ2v) is 4.96. The number of benzene rings is 2. The van der Waals surface area contributed by atoms with Gasteiger partial charge in [-0.2, -0.15) is 0 Å². The van der Waals surface area contributed by atoms with Crippen LogP contribution in [0.3, 0.4) is 0 Å². The van der Waals surface area contributed by atoms with Gasteiger partial charge in [0.25, 0.3) is 0 Å². The number of hydrogen-bond donors (Lipinski definition) is 1. The minimum atomic E-state index is 0.223. The Kier molecular flexibility index (Phi) is 5.64. The fourth-order valence-corrected chi connectivity index (χ4v) is 2.58. The van der Waals surface area contributed by atoms with E-state index in [1.54, 1.807) is 7.11 Å². The number of nitrogens with zero attached hydrogens (tertiary/aromatic N) is 1. The fraction of sp³-hybridized carbons (Fsp3) is 0.333. The van der Waals surface area contributed by atoms with Crippen molar-refractivity contribution in [3.8, 4) is 5.75 Å². The molecule has 1 unspecified atom stereocenters. The summed E-state index contributed by atoms with van der Waals surface area (Å²) in [4.78, 5) is 2.37. The Hall–Kier alpha value is -2.00. The Morgan fingerprint density at radius 2 is 1.71 bits per heavy atom. The van der Waals surface area contributed by atoms with Gasteiger partial charge in [-0.15, -0.1) is 0 Å². The Morgan fingerprint density at radius 3 is 2.33 bits per heavy atom. The third kappa shape index (κ3) is 3.76. The first-order valence-corrected chi connectivity index (χ1v) is 7.40. The summed E-state index contributed by atoms with van der Waals surface area (Å²) in [6.07, 6.45) is 0. The number of rotatable bonds is 7. The first-order valence-electron chi connectivity index (χ1n) is 7.40. The van der Waals surface area contributed by atoms with Gasteiger partial charge in [0.15, 0.2) is 0 Å². The average Bonchev–Trinajstić information content (AvgIpc) is 2.57. The molecule has 0 spiro atoms. The van der Waals surface area contributed by atoms with Crippen LogP contribution in [0.2, 0.25) is 0 Å². The van der Waals surface area contributed by atoms with Crippen molar-refractivity contribution in [3.05, 3.63) is 60.2 Å². The molecule has 0 amide bonds. The Balaban J connectivity index is 2.21. The molecule has 0 aliphatic carbocycles. The van der Waals surface area contributed by atoms with Crippen LogP contribution in [0.5, 0.6) is 5.75 Å². The van der Waals surface area contributed by atoms with Crippen LogP contribution < -0.4 is 15.0 Å². The minimum absolute atomic E-state index is 0.223. The Morgan fingerprint density at radius 1 is 1.05 bits per heavy atom. The van der Waals surface area contributed by atoms with Crippen LogP contribution in [0, 0.1) is 0 Å². The molecule has 1 N–H and O–H groups in total. The molecule has 21 heavy (non-hydrogen) atoms. The van der Waals surface area contributed by atoms with Crippen LogP contribution in [0.4, 0.5) is 5.69 Å². The van der Waals surface area contributed by atoms with Crippen LogP contribution >= 0.6 is 0 Å². The molecule has 1 atom stereocenters. The van der Waals surface area contributed by atoms with Gasteiger partial charge in [0.05, 0.1) is 13.2 Å². The molecule has 0 saturated carbocycles. The zero-order valence-corrected chi connectivity index (χ0v) is 13.0. The zero-order valence-electron chi connectivity index (χ0n) is 13.0. The van der Waals surface area contributed by atoms with Gasteiger partial charge in [0.2, 0.25) is 0 Å². The van der Waals surface area contributed by atoms with E-state index < -0.39 is 0 Å². The lowest BCUT2D eigenvalue weighted by Gasteiger charge is -2.29. The first kappa shape index (κ1) is 15.4. The quantitative estimate of drug-likeness (QED) is 0.842. The first-order chi connectivity index (χ1) is 10.3. The van der Waals surface area contributed by atoms with Crippen molar-refractivity contribution in [1.29, 1.82) is 0 Å². The summed E-state index contributed by atoms with van der Waals surface area (Å²) in [7, 11) is 3.72. The van der Waals surface area contributed by atoms with Crippen molar-refractivity contribution in [1.82, 2.24) is 5.32 Å². The molecule has 112 valence electrons. The predicted molar refractivity (Wildman–Crippen MR) is 89.1 cm³/mol. The molecule has 0 saturated heterocycles. The van der Waals surface area contributed by atoms with Crippen LogP contribution in [-0.4, -0.2) is 27.2 Å². The van der Waals surface area contributed by atoms with E-state index in [9.17, 15) is 0 Å². The number of para-hydroxylation sites is 2. The van der Waals surface area contributed by atoms with Gasteiger partial charge >= 0.3 is 0 Å². The van der Waals surface area contributed by atoms with E-state index in [0.717, 1.165) is 18.8 Å². The third-order valence-corrected chi connectivity index (χ3v) is 3.77. The molecule has 0 heterocycles. The molecule has 0 aliphatic rings. The summed E-state index contributed by atoms with van der Waals surface area (Å²) in [6, 6.07) is 18.9. The molecule has 0 bridgehead atoms. The molecular formula is C18H24N2O. The SMILES string of the molecule is CCN(CC(NC)c1ccccc1OC)c1ccccc1. The molecule has 0 aromatic heterocycles. The maximum atomic E-state index is 5.49. The zero-order chi connectivity index (χ0) is 15.1. The van der Waals surface area contributed by atoms with Crippen molar-refractivity contribution in [2.24, 2.45) is 0 Å². The van der Waals surface area contributed by atoms with E-state index in [-0.39, 0.29) is 6.04 Å². The second kappa shape index (κ2) is 7.70. The van der Waals surface area contributed by atoms with Crippen molar-refractivity contribution < 1.29 is 4.74 Å². The number of ether oxygens (including phenoxy) is 1. The highest BCUT2D eigenvalue weighted by Crippen LogP contribution is 2.26. The van der Waals surface area contributed by atoms with E-state index in [0.29, 0.717) is 0 Å². The van der Waals surface area contributed by atoms with Crippen LogP contribution in [0.25, 0.3) is 0 Å². The van der Waals surface area contributed by atoms with Crippen molar-refractivity contribution in [3.63, 3.8) is 0 Å². The van der Waals surface area contributed by atoms with Gasteiger partial charge in [-0.25, -0.2) is 0 Å². The Bertz CT molecular complexity index is 542. The summed E-state index contributed by atoms with van der Waals surface area (Å²) in [6.45, 7) is 4.05. The number of hydrogen-bond acceptors (Lipinski definition) is 3. The molecule has 2 rings (SSSR count). The molecule has 2 aromatic carbocycles. The van der Waals surface area contributed by atoms with Crippen molar-refractivity contribution in [2.75, 3.05) is 32.1 Å². The van der Waals surface area contributed by atoms with Gasteiger partial charge in [-0.05, 0) is 32.2 Å². The van der Waals surface area contributed by atoms with Gasteiger partial charge in [-0.3, -0.25) is 0 Å². The predicted octanol–water partition coefficient (Wildman–Crippen LogP) is 3.48. The third-order valence-electron chi connectivity index (χ3n) is 3.77. The van der Waals surface area contributed by atoms with E-state index in [2.05, 4.69) is 53.5 Å². The number of anilines is 1. The maximum Gasteiger partial charge on any atom is 0.123 e. The number of likely N-dealkylation sites (N-methyl/N-ethyl adjacent to an activating group) is 2. The fourth-order valence-electron chi connectivity index (χ4n) is 2.58. The maximum absolute atomic E-state index is 5.49. The topological polar surface area (TPSA) is 24.5 Å². The average molecular weight is 284 g/mol. The summed E-state index contributed by atoms with van der Waals surface area (Å²) < 4.78 is 5.49. The summed E-state index contributed by atoms with van der Waals surface area (Å²) in [5, 5.41) is 3.41. The normalized spacial score (nSPS) is 12.0. The van der Waals surface area contributed by atoms with E-state index >= 15 is 0 Å². The Labute approximate surface area is 127 Å².